The largest absolute Gasteiger partial charge is 0.353 e. The van der Waals surface area contributed by atoms with Crippen LogP contribution in [0.2, 0.25) is 4.34 Å². The van der Waals surface area contributed by atoms with Crippen molar-refractivity contribution in [2.75, 3.05) is 26.7 Å². The normalized spacial score (nSPS) is 19.3. The molecule has 1 saturated heterocycles. The first-order valence-corrected chi connectivity index (χ1v) is 8.58. The molecule has 0 aromatic carbocycles. The van der Waals surface area contributed by atoms with E-state index in [0.29, 0.717) is 19.6 Å². The molecule has 2 rings (SSSR count). The van der Waals surface area contributed by atoms with Crippen LogP contribution in [0.1, 0.15) is 18.7 Å². The van der Waals surface area contributed by atoms with Crippen LogP contribution in [0.15, 0.2) is 12.1 Å². The maximum absolute atomic E-state index is 12.4. The molecule has 0 radical (unpaired) electrons. The lowest BCUT2D eigenvalue weighted by atomic mass is 9.99. The van der Waals surface area contributed by atoms with Crippen molar-refractivity contribution in [1.29, 1.82) is 0 Å². The predicted molar refractivity (Wildman–Crippen MR) is 89.0 cm³/mol. The number of rotatable bonds is 5. The van der Waals surface area contributed by atoms with Crippen LogP contribution in [-0.4, -0.2) is 54.3 Å². The van der Waals surface area contributed by atoms with Crippen LogP contribution in [0.5, 0.6) is 0 Å². The van der Waals surface area contributed by atoms with Crippen molar-refractivity contribution < 1.29 is 9.59 Å². The number of hydrogen-bond donors (Lipinski definition) is 1. The summed E-state index contributed by atoms with van der Waals surface area (Å²) in [6.45, 7) is 6.13. The van der Waals surface area contributed by atoms with Gasteiger partial charge in [-0.15, -0.1) is 11.3 Å². The van der Waals surface area contributed by atoms with E-state index in [1.54, 1.807) is 11.9 Å². The van der Waals surface area contributed by atoms with E-state index in [9.17, 15) is 9.59 Å². The molecule has 5 nitrogen and oxygen atoms in total. The molecule has 1 aliphatic rings. The monoisotopic (exact) mass is 343 g/mol. The molecule has 0 spiro atoms. The first-order valence-electron chi connectivity index (χ1n) is 7.38. The molecule has 0 saturated carbocycles. The summed E-state index contributed by atoms with van der Waals surface area (Å²) in [7, 11) is 1.78. The molecular weight excluding hydrogens is 322 g/mol. The van der Waals surface area contributed by atoms with Gasteiger partial charge in [0.1, 0.15) is 0 Å². The van der Waals surface area contributed by atoms with Gasteiger partial charge in [0.25, 0.3) is 0 Å². The van der Waals surface area contributed by atoms with Crippen LogP contribution < -0.4 is 5.32 Å². The van der Waals surface area contributed by atoms with Crippen molar-refractivity contribution in [3.8, 4) is 0 Å². The summed E-state index contributed by atoms with van der Waals surface area (Å²) in [5, 5.41) is 2.87. The number of carbonyl (C=O) groups is 2. The minimum Gasteiger partial charge on any atom is -0.353 e. The summed E-state index contributed by atoms with van der Waals surface area (Å²) in [5.41, 5.74) is 0. The summed E-state index contributed by atoms with van der Waals surface area (Å²) in [6.07, 6.45) is 0. The Morgan fingerprint density at radius 2 is 2.27 bits per heavy atom. The molecule has 1 aromatic heterocycles. The average molecular weight is 344 g/mol. The lowest BCUT2D eigenvalue weighted by Gasteiger charge is -2.37. The maximum Gasteiger partial charge on any atom is 0.237 e. The van der Waals surface area contributed by atoms with Crippen LogP contribution in [0.4, 0.5) is 0 Å². The summed E-state index contributed by atoms with van der Waals surface area (Å²) in [5.74, 6) is 0.209. The molecule has 1 fully saturated rings. The Bertz CT molecular complexity index is 547. The molecular formula is C15H22ClN3O2S. The third-order valence-corrected chi connectivity index (χ3v) is 4.99. The van der Waals surface area contributed by atoms with Gasteiger partial charge in [-0.2, -0.15) is 0 Å². The van der Waals surface area contributed by atoms with Gasteiger partial charge in [0, 0.05) is 25.0 Å². The Labute approximate surface area is 140 Å². The zero-order chi connectivity index (χ0) is 16.3. The van der Waals surface area contributed by atoms with Crippen molar-refractivity contribution in [2.24, 2.45) is 5.92 Å². The average Bonchev–Trinajstić information content (AvgIpc) is 2.83. The fourth-order valence-corrected chi connectivity index (χ4v) is 3.83. The molecule has 0 aliphatic carbocycles. The highest BCUT2D eigenvalue weighted by Crippen LogP contribution is 2.22. The highest BCUT2D eigenvalue weighted by Gasteiger charge is 2.33. The number of halogens is 1. The molecule has 1 aliphatic heterocycles. The van der Waals surface area contributed by atoms with E-state index in [1.165, 1.54) is 11.3 Å². The van der Waals surface area contributed by atoms with E-state index in [4.69, 9.17) is 11.6 Å². The van der Waals surface area contributed by atoms with Gasteiger partial charge in [-0.3, -0.25) is 14.5 Å². The van der Waals surface area contributed by atoms with E-state index in [1.807, 2.05) is 30.9 Å². The SMILES string of the molecule is CC(C)C1C(=O)NCCN1CC(=O)N(C)Cc1ccc(Cl)s1. The predicted octanol–water partition coefficient (Wildman–Crippen LogP) is 1.82. The molecule has 1 aromatic rings. The lowest BCUT2D eigenvalue weighted by molar-refractivity contribution is -0.137. The fraction of sp³-hybridized carbons (Fsp3) is 0.600. The zero-order valence-electron chi connectivity index (χ0n) is 13.1. The summed E-state index contributed by atoms with van der Waals surface area (Å²) >= 11 is 7.39. The number of nitrogens with zero attached hydrogens (tertiary/aromatic N) is 2. The summed E-state index contributed by atoms with van der Waals surface area (Å²) in [6, 6.07) is 3.54. The molecule has 2 heterocycles. The van der Waals surface area contributed by atoms with Crippen LogP contribution in [0.3, 0.4) is 0 Å². The topological polar surface area (TPSA) is 52.7 Å². The molecule has 1 unspecified atom stereocenters. The van der Waals surface area contributed by atoms with E-state index in [0.717, 1.165) is 9.21 Å². The van der Waals surface area contributed by atoms with Crippen LogP contribution in [-0.2, 0) is 16.1 Å². The second-order valence-electron chi connectivity index (χ2n) is 5.91. The Hall–Kier alpha value is -1.11. The lowest BCUT2D eigenvalue weighted by Crippen LogP contribution is -2.59. The summed E-state index contributed by atoms with van der Waals surface area (Å²) < 4.78 is 0.725. The molecule has 1 N–H and O–H groups in total. The van der Waals surface area contributed by atoms with Crippen molar-refractivity contribution in [1.82, 2.24) is 15.1 Å². The number of likely N-dealkylation sites (N-methyl/N-ethyl adjacent to an activating group) is 1. The van der Waals surface area contributed by atoms with Gasteiger partial charge in [-0.05, 0) is 18.1 Å². The number of amides is 2. The van der Waals surface area contributed by atoms with Gasteiger partial charge in [-0.25, -0.2) is 0 Å². The minimum absolute atomic E-state index is 0.0155. The van der Waals surface area contributed by atoms with Gasteiger partial charge in [0.15, 0.2) is 0 Å². The molecule has 0 bridgehead atoms. The van der Waals surface area contributed by atoms with Crippen molar-refractivity contribution in [3.63, 3.8) is 0 Å². The van der Waals surface area contributed by atoms with Crippen molar-refractivity contribution >= 4 is 34.8 Å². The zero-order valence-corrected chi connectivity index (χ0v) is 14.7. The fourth-order valence-electron chi connectivity index (χ4n) is 2.69. The highest BCUT2D eigenvalue weighted by atomic mass is 35.5. The minimum atomic E-state index is -0.234. The second-order valence-corrected chi connectivity index (χ2v) is 7.71. The van der Waals surface area contributed by atoms with Gasteiger partial charge < -0.3 is 10.2 Å². The number of carbonyl (C=O) groups excluding carboxylic acids is 2. The molecule has 122 valence electrons. The van der Waals surface area contributed by atoms with Gasteiger partial charge in [0.2, 0.25) is 11.8 Å². The number of thiophene rings is 1. The Balaban J connectivity index is 1.95. The standard InChI is InChI=1S/C15H22ClN3O2S/c1-10(2)14-15(21)17-6-7-19(14)9-13(20)18(3)8-11-4-5-12(16)22-11/h4-5,10,14H,6-9H2,1-3H3,(H,17,21). The Morgan fingerprint density at radius 1 is 1.55 bits per heavy atom. The molecule has 7 heteroatoms. The Kier molecular flexibility index (Phi) is 5.83. The van der Waals surface area contributed by atoms with E-state index in [-0.39, 0.29) is 30.3 Å². The molecule has 1 atom stereocenters. The molecule has 22 heavy (non-hydrogen) atoms. The van der Waals surface area contributed by atoms with Crippen LogP contribution >= 0.6 is 22.9 Å². The van der Waals surface area contributed by atoms with Crippen molar-refractivity contribution in [2.45, 2.75) is 26.4 Å². The van der Waals surface area contributed by atoms with Gasteiger partial charge >= 0.3 is 0 Å². The van der Waals surface area contributed by atoms with E-state index < -0.39 is 0 Å². The van der Waals surface area contributed by atoms with Gasteiger partial charge in [0.05, 0.1) is 23.5 Å². The molecule has 2 amide bonds. The first kappa shape index (κ1) is 17.2. The number of hydrogen-bond acceptors (Lipinski definition) is 4. The smallest absolute Gasteiger partial charge is 0.237 e. The van der Waals surface area contributed by atoms with Crippen LogP contribution in [0, 0.1) is 5.92 Å². The van der Waals surface area contributed by atoms with Crippen LogP contribution in [0.25, 0.3) is 0 Å². The quantitative estimate of drug-likeness (QED) is 0.887. The highest BCUT2D eigenvalue weighted by molar-refractivity contribution is 7.16. The summed E-state index contributed by atoms with van der Waals surface area (Å²) in [4.78, 5) is 29.1. The van der Waals surface area contributed by atoms with Gasteiger partial charge in [-0.1, -0.05) is 25.4 Å². The second kappa shape index (κ2) is 7.44. The first-order chi connectivity index (χ1) is 10.4. The number of nitrogens with one attached hydrogen (secondary N) is 1. The van der Waals surface area contributed by atoms with E-state index in [2.05, 4.69) is 5.32 Å². The Morgan fingerprint density at radius 3 is 2.86 bits per heavy atom. The van der Waals surface area contributed by atoms with E-state index >= 15 is 0 Å². The third kappa shape index (κ3) is 4.21. The van der Waals surface area contributed by atoms with Crippen molar-refractivity contribution in [3.05, 3.63) is 21.3 Å². The maximum atomic E-state index is 12.4. The number of piperazine rings is 1. The third-order valence-electron chi connectivity index (χ3n) is 3.78.